The van der Waals surface area contributed by atoms with Gasteiger partial charge in [0.2, 0.25) is 0 Å². The van der Waals surface area contributed by atoms with Crippen molar-refractivity contribution in [2.75, 3.05) is 30.4 Å². The molecule has 0 radical (unpaired) electrons. The maximum absolute atomic E-state index is 5.33. The van der Waals surface area contributed by atoms with Crippen LogP contribution in [-0.4, -0.2) is 20.1 Å². The number of anilines is 2. The molecule has 0 spiro atoms. The molecule has 0 bridgehead atoms. The Balaban J connectivity index is 2.52. The average Bonchev–Trinajstić information content (AvgIpc) is 2.33. The van der Waals surface area contributed by atoms with Gasteiger partial charge in [0.15, 0.2) is 0 Å². The summed E-state index contributed by atoms with van der Waals surface area (Å²) in [5.74, 6) is 0.796. The lowest BCUT2D eigenvalue weighted by Gasteiger charge is -2.26. The van der Waals surface area contributed by atoms with Crippen LogP contribution in [0.15, 0.2) is 0 Å². The van der Waals surface area contributed by atoms with Gasteiger partial charge in [-0.3, -0.25) is 0 Å². The van der Waals surface area contributed by atoms with Crippen molar-refractivity contribution in [1.29, 1.82) is 0 Å². The molecule has 1 rings (SSSR count). The summed E-state index contributed by atoms with van der Waals surface area (Å²) in [6.45, 7) is 8.57. The first-order valence-electron chi connectivity index (χ1n) is 6.77. The molecule has 0 aromatic heterocycles. The third kappa shape index (κ3) is 3.75. The molecule has 0 fully saturated rings. The minimum absolute atomic E-state index is 0.796. The Morgan fingerprint density at radius 1 is 1.17 bits per heavy atom. The molecule has 0 aliphatic rings. The highest BCUT2D eigenvalue weighted by molar-refractivity contribution is 7.74. The van der Waals surface area contributed by atoms with E-state index < -0.39 is 0 Å². The van der Waals surface area contributed by atoms with Crippen LogP contribution in [0.2, 0.25) is 0 Å². The zero-order valence-corrected chi connectivity index (χ0v) is 13.5. The normalized spacial score (nSPS) is 11.2. The van der Waals surface area contributed by atoms with Gasteiger partial charge < -0.3 is 10.2 Å². The fraction of sp³-hybridized carbons (Fsp3) is 0.714. The lowest BCUT2D eigenvalue weighted by molar-refractivity contribution is 0.538. The van der Waals surface area contributed by atoms with Crippen LogP contribution >= 0.6 is 24.4 Å². The highest BCUT2D eigenvalue weighted by Gasteiger charge is 2.17. The van der Waals surface area contributed by atoms with Crippen molar-refractivity contribution in [3.05, 3.63) is 9.02 Å². The zero-order valence-electron chi connectivity index (χ0n) is 11.9. The largest absolute Gasteiger partial charge is 0.382 e. The molecule has 0 heterocycles. The summed E-state index contributed by atoms with van der Waals surface area (Å²) in [4.78, 5) is 2.25. The Bertz CT molecular complexity index is 445. The molecule has 0 amide bonds. The topological polar surface area (TPSA) is 15.3 Å². The monoisotopic (exact) mass is 284 g/mol. The number of rotatable bonds is 8. The molecule has 0 saturated heterocycles. The minimum Gasteiger partial charge on any atom is -0.382 e. The Hall–Kier alpha value is -0.480. The molecule has 18 heavy (non-hydrogen) atoms. The van der Waals surface area contributed by atoms with E-state index in [1.165, 1.54) is 19.3 Å². The van der Waals surface area contributed by atoms with Gasteiger partial charge in [0.1, 0.15) is 0 Å². The van der Waals surface area contributed by atoms with Gasteiger partial charge in [-0.1, -0.05) is 51.1 Å². The van der Waals surface area contributed by atoms with Crippen LogP contribution in [0.25, 0.3) is 0 Å². The maximum atomic E-state index is 5.33. The number of hydrogen-bond acceptors (Lipinski definition) is 4. The van der Waals surface area contributed by atoms with Crippen molar-refractivity contribution in [2.45, 2.75) is 40.0 Å². The predicted molar refractivity (Wildman–Crippen MR) is 86.6 cm³/mol. The second kappa shape index (κ2) is 7.19. The van der Waals surface area contributed by atoms with Crippen LogP contribution < -0.4 is 10.2 Å². The number of nitrogens with one attached hydrogen (secondary N) is 1. The van der Waals surface area contributed by atoms with Gasteiger partial charge in [0, 0.05) is 20.1 Å². The molecule has 1 aromatic rings. The van der Waals surface area contributed by atoms with Crippen LogP contribution in [0.5, 0.6) is 0 Å². The van der Waals surface area contributed by atoms with Crippen molar-refractivity contribution in [1.82, 2.24) is 0 Å². The van der Waals surface area contributed by atoms with Crippen LogP contribution in [0, 0.1) is 14.9 Å². The van der Waals surface area contributed by atoms with E-state index in [1.54, 1.807) is 0 Å². The number of nitrogens with zero attached hydrogens (tertiary/aromatic N) is 1. The Kier molecular flexibility index (Phi) is 6.22. The first kappa shape index (κ1) is 15.6. The molecular weight excluding hydrogens is 260 g/mol. The van der Waals surface area contributed by atoms with Gasteiger partial charge in [0.05, 0.1) is 20.4 Å². The summed E-state index contributed by atoms with van der Waals surface area (Å²) in [5.41, 5.74) is 2.21. The fourth-order valence-electron chi connectivity index (χ4n) is 2.10. The average molecular weight is 284 g/mol. The van der Waals surface area contributed by atoms with Gasteiger partial charge >= 0.3 is 0 Å². The molecular formula is C14H24N2S2. The predicted octanol–water partition coefficient (Wildman–Crippen LogP) is 4.72. The molecule has 0 unspecified atom stereocenters. The zero-order chi connectivity index (χ0) is 13.7. The molecule has 0 atom stereocenters. The Labute approximate surface area is 121 Å². The van der Waals surface area contributed by atoms with Crippen molar-refractivity contribution in [2.24, 2.45) is 5.92 Å². The van der Waals surface area contributed by atoms with E-state index in [4.69, 9.17) is 24.4 Å². The summed E-state index contributed by atoms with van der Waals surface area (Å²) < 4.78 is 1.68. The van der Waals surface area contributed by atoms with E-state index in [1.807, 2.05) is 0 Å². The van der Waals surface area contributed by atoms with Crippen LogP contribution in [0.4, 0.5) is 11.4 Å². The maximum Gasteiger partial charge on any atom is 0.0834 e. The minimum atomic E-state index is 0.796. The highest BCUT2D eigenvalue weighted by Crippen LogP contribution is 2.35. The summed E-state index contributed by atoms with van der Waals surface area (Å²) in [7, 11) is 2.11. The van der Waals surface area contributed by atoms with Crippen LogP contribution in [-0.2, 0) is 0 Å². The smallest absolute Gasteiger partial charge is 0.0834 e. The number of hydrogen-bond donors (Lipinski definition) is 1. The van der Waals surface area contributed by atoms with E-state index in [0.29, 0.717) is 0 Å². The second-order valence-electron chi connectivity index (χ2n) is 5.22. The molecule has 102 valence electrons. The fourth-order valence-corrected chi connectivity index (χ4v) is 2.72. The summed E-state index contributed by atoms with van der Waals surface area (Å²) >= 11 is 10.6. The molecule has 0 aliphatic heterocycles. The van der Waals surface area contributed by atoms with Crippen molar-refractivity contribution in [3.63, 3.8) is 0 Å². The first-order chi connectivity index (χ1) is 8.49. The molecule has 1 aromatic carbocycles. The van der Waals surface area contributed by atoms with E-state index >= 15 is 0 Å². The van der Waals surface area contributed by atoms with E-state index in [2.05, 4.69) is 38.0 Å². The Morgan fingerprint density at radius 2 is 1.83 bits per heavy atom. The van der Waals surface area contributed by atoms with Gasteiger partial charge in [-0.25, -0.2) is 0 Å². The first-order valence-corrected chi connectivity index (χ1v) is 7.59. The van der Waals surface area contributed by atoms with E-state index in [9.17, 15) is 0 Å². The third-order valence-corrected chi connectivity index (χ3v) is 4.08. The van der Waals surface area contributed by atoms with Gasteiger partial charge in [-0.15, -0.1) is 0 Å². The molecule has 0 aliphatic carbocycles. The molecule has 4 heteroatoms. The molecule has 0 saturated carbocycles. The summed E-state index contributed by atoms with van der Waals surface area (Å²) in [5, 5.41) is 3.31. The van der Waals surface area contributed by atoms with Crippen LogP contribution in [0.3, 0.4) is 0 Å². The summed E-state index contributed by atoms with van der Waals surface area (Å²) in [6, 6.07) is 0. The van der Waals surface area contributed by atoms with E-state index in [-0.39, 0.29) is 0 Å². The van der Waals surface area contributed by atoms with Crippen molar-refractivity contribution >= 4 is 35.8 Å². The third-order valence-electron chi connectivity index (χ3n) is 3.15. The van der Waals surface area contributed by atoms with E-state index in [0.717, 1.165) is 39.4 Å². The van der Waals surface area contributed by atoms with Gasteiger partial charge in [-0.05, 0) is 19.3 Å². The van der Waals surface area contributed by atoms with Crippen molar-refractivity contribution in [3.8, 4) is 0 Å². The second-order valence-corrected chi connectivity index (χ2v) is 6.04. The van der Waals surface area contributed by atoms with Gasteiger partial charge in [-0.2, -0.15) is 0 Å². The quantitative estimate of drug-likeness (QED) is 0.549. The van der Waals surface area contributed by atoms with Crippen molar-refractivity contribution < 1.29 is 0 Å². The molecule has 1 N–H and O–H groups in total. The lowest BCUT2D eigenvalue weighted by atomic mass is 10.1. The Morgan fingerprint density at radius 3 is 2.39 bits per heavy atom. The highest BCUT2D eigenvalue weighted by atomic mass is 32.1. The van der Waals surface area contributed by atoms with Gasteiger partial charge in [0.25, 0.3) is 0 Å². The lowest BCUT2D eigenvalue weighted by Crippen LogP contribution is -2.22. The SMILES string of the molecule is CCNc1c(N(C)CCCCC(C)C)c(=S)c1=S. The molecule has 2 nitrogen and oxygen atoms in total. The number of unbranched alkanes of at least 4 members (excludes halogenated alkanes) is 1. The summed E-state index contributed by atoms with van der Waals surface area (Å²) in [6.07, 6.45) is 3.80. The standard InChI is InChI=1S/C14H24N2S2/c1-5-15-11-12(14(18)13(11)17)16(4)9-7-6-8-10(2)3/h10,15H,5-9H2,1-4H3. The van der Waals surface area contributed by atoms with Crippen LogP contribution in [0.1, 0.15) is 40.0 Å².